The summed E-state index contributed by atoms with van der Waals surface area (Å²) >= 11 is 0. The Morgan fingerprint density at radius 2 is 1.54 bits per heavy atom. The zero-order valence-corrected chi connectivity index (χ0v) is 17.7. The van der Waals surface area contributed by atoms with Crippen molar-refractivity contribution in [2.24, 2.45) is 4.99 Å². The maximum absolute atomic E-state index is 4.71. The topological polar surface area (TPSA) is 20.5 Å². The first-order valence-corrected chi connectivity index (χ1v) is 10.2. The SMILES string of the molecule is CCc1ccc(-n2c(C)cc(C=Nc3ccc(N(CC)CC)cc3)c2C)cc1. The van der Waals surface area contributed by atoms with E-state index in [-0.39, 0.29) is 0 Å². The Hall–Kier alpha value is -2.81. The summed E-state index contributed by atoms with van der Waals surface area (Å²) in [6.45, 7) is 12.9. The summed E-state index contributed by atoms with van der Waals surface area (Å²) < 4.78 is 2.30. The Morgan fingerprint density at radius 1 is 0.893 bits per heavy atom. The number of hydrogen-bond donors (Lipinski definition) is 0. The van der Waals surface area contributed by atoms with Crippen LogP contribution in [-0.2, 0) is 6.42 Å². The molecule has 1 heterocycles. The molecule has 0 aliphatic heterocycles. The van der Waals surface area contributed by atoms with Crippen LogP contribution in [0, 0.1) is 13.8 Å². The van der Waals surface area contributed by atoms with Crippen LogP contribution in [-0.4, -0.2) is 23.9 Å². The van der Waals surface area contributed by atoms with Crippen molar-refractivity contribution >= 4 is 17.6 Å². The van der Waals surface area contributed by atoms with E-state index in [4.69, 9.17) is 4.99 Å². The molecule has 0 amide bonds. The van der Waals surface area contributed by atoms with Crippen molar-refractivity contribution < 1.29 is 0 Å². The van der Waals surface area contributed by atoms with Crippen molar-refractivity contribution in [3.05, 3.63) is 77.1 Å². The van der Waals surface area contributed by atoms with E-state index in [0.717, 1.165) is 30.8 Å². The molecule has 3 nitrogen and oxygen atoms in total. The molecular formula is C25H31N3. The summed E-state index contributed by atoms with van der Waals surface area (Å²) in [5.41, 5.74) is 8.39. The van der Waals surface area contributed by atoms with Crippen molar-refractivity contribution in [1.82, 2.24) is 4.57 Å². The predicted octanol–water partition coefficient (Wildman–Crippen LogP) is 6.25. The highest BCUT2D eigenvalue weighted by Crippen LogP contribution is 2.23. The van der Waals surface area contributed by atoms with Crippen molar-refractivity contribution in [2.75, 3.05) is 18.0 Å². The van der Waals surface area contributed by atoms with E-state index in [0.29, 0.717) is 0 Å². The van der Waals surface area contributed by atoms with Crippen LogP contribution in [0.2, 0.25) is 0 Å². The second-order valence-electron chi connectivity index (χ2n) is 7.13. The molecule has 2 aromatic carbocycles. The molecule has 0 fully saturated rings. The molecule has 1 aromatic heterocycles. The standard InChI is InChI=1S/C25H31N3/c1-6-21-9-13-25(14-10-21)28-19(4)17-22(20(28)5)18-26-23-11-15-24(16-12-23)27(7-2)8-3/h9-18H,6-8H2,1-5H3. The van der Waals surface area contributed by atoms with Gasteiger partial charge in [0, 0.05) is 47.6 Å². The van der Waals surface area contributed by atoms with Gasteiger partial charge in [-0.2, -0.15) is 0 Å². The lowest BCUT2D eigenvalue weighted by Gasteiger charge is -2.20. The molecule has 0 bridgehead atoms. The number of benzene rings is 2. The van der Waals surface area contributed by atoms with E-state index < -0.39 is 0 Å². The molecule has 3 heteroatoms. The van der Waals surface area contributed by atoms with Gasteiger partial charge in [0.25, 0.3) is 0 Å². The third-order valence-electron chi connectivity index (χ3n) is 5.40. The van der Waals surface area contributed by atoms with Crippen molar-refractivity contribution in [3.8, 4) is 5.69 Å². The van der Waals surface area contributed by atoms with Gasteiger partial charge < -0.3 is 9.47 Å². The molecule has 0 spiro atoms. The second-order valence-corrected chi connectivity index (χ2v) is 7.13. The molecule has 0 saturated heterocycles. The molecule has 3 rings (SSSR count). The Balaban J connectivity index is 1.83. The van der Waals surface area contributed by atoms with Crippen LogP contribution in [0.1, 0.15) is 43.3 Å². The molecular weight excluding hydrogens is 342 g/mol. The number of aryl methyl sites for hydroxylation is 2. The van der Waals surface area contributed by atoms with Crippen LogP contribution < -0.4 is 4.90 Å². The van der Waals surface area contributed by atoms with Gasteiger partial charge >= 0.3 is 0 Å². The Kier molecular flexibility index (Phi) is 6.35. The summed E-state index contributed by atoms with van der Waals surface area (Å²) in [5.74, 6) is 0. The fourth-order valence-electron chi connectivity index (χ4n) is 3.68. The minimum absolute atomic E-state index is 0.980. The second kappa shape index (κ2) is 8.92. The molecule has 0 unspecified atom stereocenters. The van der Waals surface area contributed by atoms with E-state index in [1.165, 1.54) is 28.3 Å². The average molecular weight is 374 g/mol. The first kappa shape index (κ1) is 19.9. The van der Waals surface area contributed by atoms with Gasteiger partial charge in [-0.15, -0.1) is 0 Å². The van der Waals surface area contributed by atoms with Gasteiger partial charge in [0.15, 0.2) is 0 Å². The minimum Gasteiger partial charge on any atom is -0.372 e. The summed E-state index contributed by atoms with van der Waals surface area (Å²) in [4.78, 5) is 7.05. The highest BCUT2D eigenvalue weighted by Gasteiger charge is 2.09. The fraction of sp³-hybridized carbons (Fsp3) is 0.320. The van der Waals surface area contributed by atoms with Gasteiger partial charge in [0.2, 0.25) is 0 Å². The quantitative estimate of drug-likeness (QED) is 0.448. The van der Waals surface area contributed by atoms with Crippen LogP contribution in [0.15, 0.2) is 59.6 Å². The smallest absolute Gasteiger partial charge is 0.0631 e. The summed E-state index contributed by atoms with van der Waals surface area (Å²) in [6.07, 6.45) is 3.04. The number of aliphatic imine (C=N–C) groups is 1. The van der Waals surface area contributed by atoms with Crippen molar-refractivity contribution in [1.29, 1.82) is 0 Å². The van der Waals surface area contributed by atoms with Gasteiger partial charge in [-0.3, -0.25) is 4.99 Å². The van der Waals surface area contributed by atoms with E-state index >= 15 is 0 Å². The summed E-state index contributed by atoms with van der Waals surface area (Å²) in [6, 6.07) is 19.5. The van der Waals surface area contributed by atoms with E-state index in [1.54, 1.807) is 0 Å². The first-order valence-electron chi connectivity index (χ1n) is 10.2. The summed E-state index contributed by atoms with van der Waals surface area (Å²) in [5, 5.41) is 0. The Bertz CT molecular complexity index is 927. The molecule has 146 valence electrons. The molecule has 0 aliphatic carbocycles. The molecule has 0 atom stereocenters. The highest BCUT2D eigenvalue weighted by molar-refractivity contribution is 5.84. The predicted molar refractivity (Wildman–Crippen MR) is 122 cm³/mol. The van der Waals surface area contributed by atoms with E-state index in [2.05, 4.69) is 98.7 Å². The molecule has 0 radical (unpaired) electrons. The molecule has 0 N–H and O–H groups in total. The average Bonchev–Trinajstić information content (AvgIpc) is 3.01. The van der Waals surface area contributed by atoms with Gasteiger partial charge in [-0.25, -0.2) is 0 Å². The lowest BCUT2D eigenvalue weighted by atomic mass is 10.1. The third kappa shape index (κ3) is 4.19. The monoisotopic (exact) mass is 373 g/mol. The largest absolute Gasteiger partial charge is 0.372 e. The van der Waals surface area contributed by atoms with Gasteiger partial charge in [-0.05, 0) is 82.1 Å². The van der Waals surface area contributed by atoms with Crippen LogP contribution in [0.25, 0.3) is 5.69 Å². The van der Waals surface area contributed by atoms with E-state index in [1.807, 2.05) is 6.21 Å². The minimum atomic E-state index is 0.980. The fourth-order valence-corrected chi connectivity index (χ4v) is 3.68. The number of hydrogen-bond acceptors (Lipinski definition) is 2. The van der Waals surface area contributed by atoms with Crippen LogP contribution in [0.4, 0.5) is 11.4 Å². The Labute approximate surface area is 169 Å². The van der Waals surface area contributed by atoms with Crippen LogP contribution >= 0.6 is 0 Å². The van der Waals surface area contributed by atoms with Gasteiger partial charge in [0.05, 0.1) is 5.69 Å². The zero-order valence-electron chi connectivity index (χ0n) is 17.7. The lowest BCUT2D eigenvalue weighted by Crippen LogP contribution is -2.21. The number of anilines is 1. The lowest BCUT2D eigenvalue weighted by molar-refractivity contribution is 0.866. The van der Waals surface area contributed by atoms with Gasteiger partial charge in [0.1, 0.15) is 0 Å². The van der Waals surface area contributed by atoms with Crippen LogP contribution in [0.3, 0.4) is 0 Å². The maximum atomic E-state index is 4.71. The first-order chi connectivity index (χ1) is 13.6. The van der Waals surface area contributed by atoms with Crippen molar-refractivity contribution in [2.45, 2.75) is 41.0 Å². The number of rotatable bonds is 7. The molecule has 0 aliphatic rings. The Morgan fingerprint density at radius 3 is 2.11 bits per heavy atom. The highest BCUT2D eigenvalue weighted by atomic mass is 15.1. The molecule has 3 aromatic rings. The zero-order chi connectivity index (χ0) is 20.1. The van der Waals surface area contributed by atoms with Crippen molar-refractivity contribution in [3.63, 3.8) is 0 Å². The van der Waals surface area contributed by atoms with Gasteiger partial charge in [-0.1, -0.05) is 19.1 Å². The summed E-state index contributed by atoms with van der Waals surface area (Å²) in [7, 11) is 0. The maximum Gasteiger partial charge on any atom is 0.0631 e. The number of aromatic nitrogens is 1. The van der Waals surface area contributed by atoms with Crippen LogP contribution in [0.5, 0.6) is 0 Å². The third-order valence-corrected chi connectivity index (χ3v) is 5.40. The molecule has 28 heavy (non-hydrogen) atoms. The molecule has 0 saturated carbocycles. The normalized spacial score (nSPS) is 11.3. The van der Waals surface area contributed by atoms with E-state index in [9.17, 15) is 0 Å². The number of nitrogens with zero attached hydrogens (tertiary/aromatic N) is 3.